The Morgan fingerprint density at radius 3 is 2.81 bits per heavy atom. The van der Waals surface area contributed by atoms with Crippen LogP contribution in [0.1, 0.15) is 23.5 Å². The van der Waals surface area contributed by atoms with Crippen molar-refractivity contribution >= 4 is 17.5 Å². The summed E-state index contributed by atoms with van der Waals surface area (Å²) >= 11 is 6.07. The first-order valence-electron chi connectivity index (χ1n) is 6.96. The van der Waals surface area contributed by atoms with E-state index in [9.17, 15) is 4.79 Å². The van der Waals surface area contributed by atoms with E-state index in [2.05, 4.69) is 5.32 Å². The number of hydrogen-bond donors (Lipinski definition) is 1. The number of rotatable bonds is 4. The number of para-hydroxylation sites is 1. The molecule has 0 radical (unpaired) electrons. The molecule has 2 aromatic rings. The van der Waals surface area contributed by atoms with Gasteiger partial charge in [-0.05, 0) is 17.7 Å². The van der Waals surface area contributed by atoms with Crippen molar-refractivity contribution in [1.82, 2.24) is 5.32 Å². The van der Waals surface area contributed by atoms with Gasteiger partial charge in [0.2, 0.25) is 5.91 Å². The third kappa shape index (κ3) is 3.19. The van der Waals surface area contributed by atoms with Crippen LogP contribution in [0.4, 0.5) is 0 Å². The van der Waals surface area contributed by atoms with Crippen molar-refractivity contribution in [3.63, 3.8) is 0 Å². The van der Waals surface area contributed by atoms with Gasteiger partial charge >= 0.3 is 0 Å². The molecule has 0 aliphatic carbocycles. The number of benzene rings is 2. The molecule has 0 saturated carbocycles. The number of carbonyl (C=O) groups excluding carboxylic acids is 1. The Hall–Kier alpha value is -2.00. The largest absolute Gasteiger partial charge is 0.493 e. The van der Waals surface area contributed by atoms with Crippen LogP contribution in [0.5, 0.6) is 5.75 Å². The lowest BCUT2D eigenvalue weighted by Crippen LogP contribution is -2.25. The molecule has 1 heterocycles. The first-order chi connectivity index (χ1) is 10.2. The van der Waals surface area contributed by atoms with Gasteiger partial charge in [0.15, 0.2) is 0 Å². The molecule has 0 fully saturated rings. The van der Waals surface area contributed by atoms with Gasteiger partial charge in [-0.1, -0.05) is 48.0 Å². The normalized spacial score (nSPS) is 16.1. The Morgan fingerprint density at radius 1 is 1.19 bits per heavy atom. The average molecular weight is 302 g/mol. The molecule has 2 aromatic carbocycles. The second kappa shape index (κ2) is 6.19. The molecular formula is C17H16ClNO2. The number of nitrogens with one attached hydrogen (secondary N) is 1. The van der Waals surface area contributed by atoms with Crippen LogP contribution in [0, 0.1) is 0 Å². The smallest absolute Gasteiger partial charge is 0.221 e. The first-order valence-corrected chi connectivity index (χ1v) is 7.33. The summed E-state index contributed by atoms with van der Waals surface area (Å²) in [4.78, 5) is 12.1. The summed E-state index contributed by atoms with van der Waals surface area (Å²) in [5, 5.41) is 3.59. The van der Waals surface area contributed by atoms with E-state index < -0.39 is 0 Å². The van der Waals surface area contributed by atoms with Gasteiger partial charge in [0.05, 0.1) is 6.61 Å². The fourth-order valence-corrected chi connectivity index (χ4v) is 2.73. The van der Waals surface area contributed by atoms with E-state index in [-0.39, 0.29) is 11.8 Å². The zero-order valence-electron chi connectivity index (χ0n) is 11.5. The van der Waals surface area contributed by atoms with E-state index in [0.717, 1.165) is 16.9 Å². The molecule has 1 amide bonds. The van der Waals surface area contributed by atoms with Gasteiger partial charge < -0.3 is 10.1 Å². The molecule has 0 saturated heterocycles. The molecule has 0 bridgehead atoms. The number of halogens is 1. The van der Waals surface area contributed by atoms with Crippen molar-refractivity contribution in [3.8, 4) is 5.75 Å². The van der Waals surface area contributed by atoms with Crippen LogP contribution in [0.2, 0.25) is 5.02 Å². The highest BCUT2D eigenvalue weighted by atomic mass is 35.5. The van der Waals surface area contributed by atoms with Crippen LogP contribution in [-0.2, 0) is 11.3 Å². The SMILES string of the molecule is O=C(CC1COc2ccccc21)NCc1ccccc1Cl. The molecule has 108 valence electrons. The zero-order chi connectivity index (χ0) is 14.7. The number of ether oxygens (including phenoxy) is 1. The lowest BCUT2D eigenvalue weighted by Gasteiger charge is -2.10. The van der Waals surface area contributed by atoms with Gasteiger partial charge in [0, 0.05) is 29.5 Å². The highest BCUT2D eigenvalue weighted by molar-refractivity contribution is 6.31. The Labute approximate surface area is 128 Å². The quantitative estimate of drug-likeness (QED) is 0.938. The van der Waals surface area contributed by atoms with Crippen LogP contribution in [0.15, 0.2) is 48.5 Å². The predicted molar refractivity (Wildman–Crippen MR) is 82.6 cm³/mol. The van der Waals surface area contributed by atoms with Crippen LogP contribution in [0.25, 0.3) is 0 Å². The monoisotopic (exact) mass is 301 g/mol. The fourth-order valence-electron chi connectivity index (χ4n) is 2.53. The summed E-state index contributed by atoms with van der Waals surface area (Å²) in [5.74, 6) is 1.04. The maximum atomic E-state index is 12.1. The van der Waals surface area contributed by atoms with Gasteiger partial charge in [0.25, 0.3) is 0 Å². The van der Waals surface area contributed by atoms with Crippen LogP contribution < -0.4 is 10.1 Å². The molecule has 0 spiro atoms. The lowest BCUT2D eigenvalue weighted by molar-refractivity contribution is -0.121. The van der Waals surface area contributed by atoms with Crippen molar-refractivity contribution in [1.29, 1.82) is 0 Å². The maximum Gasteiger partial charge on any atom is 0.221 e. The van der Waals surface area contributed by atoms with Crippen LogP contribution >= 0.6 is 11.6 Å². The van der Waals surface area contributed by atoms with Crippen molar-refractivity contribution in [2.75, 3.05) is 6.61 Å². The molecule has 1 aliphatic rings. The third-order valence-corrected chi connectivity index (χ3v) is 4.03. The zero-order valence-corrected chi connectivity index (χ0v) is 12.3. The second-order valence-corrected chi connectivity index (χ2v) is 5.53. The van der Waals surface area contributed by atoms with E-state index in [1.165, 1.54) is 0 Å². The fraction of sp³-hybridized carbons (Fsp3) is 0.235. The molecule has 3 nitrogen and oxygen atoms in total. The van der Waals surface area contributed by atoms with Crippen molar-refractivity contribution in [2.45, 2.75) is 18.9 Å². The topological polar surface area (TPSA) is 38.3 Å². The number of carbonyl (C=O) groups is 1. The number of fused-ring (bicyclic) bond motifs is 1. The van der Waals surface area contributed by atoms with Gasteiger partial charge in [-0.2, -0.15) is 0 Å². The molecule has 1 unspecified atom stereocenters. The van der Waals surface area contributed by atoms with Crippen molar-refractivity contribution in [3.05, 3.63) is 64.7 Å². The summed E-state index contributed by atoms with van der Waals surface area (Å²) < 4.78 is 5.59. The van der Waals surface area contributed by atoms with Gasteiger partial charge in [0.1, 0.15) is 5.75 Å². The summed E-state index contributed by atoms with van der Waals surface area (Å²) in [6.07, 6.45) is 0.432. The summed E-state index contributed by atoms with van der Waals surface area (Å²) in [7, 11) is 0. The Balaban J connectivity index is 1.57. The minimum absolute atomic E-state index is 0.0141. The molecule has 1 aliphatic heterocycles. The standard InChI is InChI=1S/C17H16ClNO2/c18-15-7-3-1-5-12(15)10-19-17(20)9-13-11-21-16-8-4-2-6-14(13)16/h1-8,13H,9-11H2,(H,19,20). The number of hydrogen-bond acceptors (Lipinski definition) is 2. The highest BCUT2D eigenvalue weighted by Crippen LogP contribution is 2.35. The molecule has 0 aromatic heterocycles. The maximum absolute atomic E-state index is 12.1. The summed E-state index contributed by atoms with van der Waals surface area (Å²) in [6, 6.07) is 15.4. The van der Waals surface area contributed by atoms with Crippen molar-refractivity contribution in [2.24, 2.45) is 0 Å². The van der Waals surface area contributed by atoms with E-state index >= 15 is 0 Å². The van der Waals surface area contributed by atoms with Gasteiger partial charge in [-0.25, -0.2) is 0 Å². The van der Waals surface area contributed by atoms with E-state index in [4.69, 9.17) is 16.3 Å². The Bertz CT molecular complexity index is 657. The Kier molecular flexibility index (Phi) is 4.11. The highest BCUT2D eigenvalue weighted by Gasteiger charge is 2.25. The predicted octanol–water partition coefficient (Wildman–Crippen LogP) is 3.52. The van der Waals surface area contributed by atoms with E-state index in [1.807, 2.05) is 48.5 Å². The van der Waals surface area contributed by atoms with Crippen molar-refractivity contribution < 1.29 is 9.53 Å². The summed E-state index contributed by atoms with van der Waals surface area (Å²) in [5.41, 5.74) is 2.04. The van der Waals surface area contributed by atoms with Gasteiger partial charge in [-0.3, -0.25) is 4.79 Å². The van der Waals surface area contributed by atoms with Crippen LogP contribution in [-0.4, -0.2) is 12.5 Å². The average Bonchev–Trinajstić information content (AvgIpc) is 2.90. The number of amides is 1. The molecule has 1 atom stereocenters. The molecule has 4 heteroatoms. The van der Waals surface area contributed by atoms with E-state index in [0.29, 0.717) is 24.6 Å². The van der Waals surface area contributed by atoms with Crippen LogP contribution in [0.3, 0.4) is 0 Å². The second-order valence-electron chi connectivity index (χ2n) is 5.12. The van der Waals surface area contributed by atoms with E-state index in [1.54, 1.807) is 0 Å². The third-order valence-electron chi connectivity index (χ3n) is 3.66. The molecular weight excluding hydrogens is 286 g/mol. The first kappa shape index (κ1) is 14.0. The lowest BCUT2D eigenvalue weighted by atomic mass is 9.97. The minimum Gasteiger partial charge on any atom is -0.493 e. The minimum atomic E-state index is 0.0141. The van der Waals surface area contributed by atoms with Gasteiger partial charge in [-0.15, -0.1) is 0 Å². The molecule has 3 rings (SSSR count). The Morgan fingerprint density at radius 2 is 1.95 bits per heavy atom. The molecule has 21 heavy (non-hydrogen) atoms. The summed E-state index contributed by atoms with van der Waals surface area (Å²) in [6.45, 7) is 1.02. The molecule has 1 N–H and O–H groups in total.